The number of aryl methyl sites for hydroxylation is 1. The number of nitrogens with one attached hydrogen (secondary N) is 3. The molecule has 1 saturated heterocycles. The van der Waals surface area contributed by atoms with Crippen LogP contribution in [0.3, 0.4) is 0 Å². The number of aliphatic imine (C=N–C) groups is 1. The van der Waals surface area contributed by atoms with E-state index in [1.807, 2.05) is 7.05 Å². The van der Waals surface area contributed by atoms with E-state index in [0.717, 1.165) is 71.0 Å². The zero-order valence-corrected chi connectivity index (χ0v) is 19.6. The van der Waals surface area contributed by atoms with E-state index in [9.17, 15) is 4.79 Å². The molecule has 1 aliphatic carbocycles. The van der Waals surface area contributed by atoms with Crippen molar-refractivity contribution in [2.45, 2.75) is 39.0 Å². The summed E-state index contributed by atoms with van der Waals surface area (Å²) in [6.07, 6.45) is 7.69. The first-order valence-corrected chi connectivity index (χ1v) is 12.2. The Hall–Kier alpha value is -2.54. The number of aromatic amines is 1. The van der Waals surface area contributed by atoms with Gasteiger partial charge in [0.15, 0.2) is 5.96 Å². The fourth-order valence-electron chi connectivity index (χ4n) is 5.14. The molecule has 2 heterocycles. The molecule has 1 saturated carbocycles. The van der Waals surface area contributed by atoms with Gasteiger partial charge in [-0.1, -0.05) is 25.0 Å². The Bertz CT molecular complexity index is 922. The molecule has 0 atom stereocenters. The van der Waals surface area contributed by atoms with Crippen LogP contribution in [0.1, 0.15) is 36.8 Å². The van der Waals surface area contributed by atoms with Gasteiger partial charge in [0.05, 0.1) is 0 Å². The Morgan fingerprint density at radius 2 is 1.88 bits per heavy atom. The van der Waals surface area contributed by atoms with Crippen LogP contribution in [0.2, 0.25) is 0 Å². The lowest BCUT2D eigenvalue weighted by molar-refractivity contribution is -0.137. The molecular formula is C25H38N6O. The molecule has 0 spiro atoms. The zero-order valence-electron chi connectivity index (χ0n) is 19.6. The van der Waals surface area contributed by atoms with Gasteiger partial charge >= 0.3 is 0 Å². The van der Waals surface area contributed by atoms with Crippen LogP contribution in [0.5, 0.6) is 0 Å². The monoisotopic (exact) mass is 438 g/mol. The van der Waals surface area contributed by atoms with Crippen molar-refractivity contribution in [3.05, 3.63) is 35.5 Å². The van der Waals surface area contributed by atoms with Crippen molar-refractivity contribution in [2.24, 2.45) is 10.9 Å². The smallest absolute Gasteiger partial charge is 0.225 e. The number of H-pyrrole nitrogens is 1. The van der Waals surface area contributed by atoms with Crippen LogP contribution in [0, 0.1) is 12.8 Å². The molecule has 32 heavy (non-hydrogen) atoms. The first-order valence-electron chi connectivity index (χ1n) is 12.2. The van der Waals surface area contributed by atoms with Gasteiger partial charge < -0.3 is 20.5 Å². The Balaban J connectivity index is 1.14. The first-order chi connectivity index (χ1) is 15.7. The lowest BCUT2D eigenvalue weighted by Gasteiger charge is -2.36. The molecule has 1 aliphatic heterocycles. The Labute approximate surface area is 191 Å². The highest BCUT2D eigenvalue weighted by molar-refractivity contribution is 5.86. The molecule has 3 N–H and O–H groups in total. The van der Waals surface area contributed by atoms with Crippen LogP contribution in [-0.2, 0) is 11.2 Å². The highest BCUT2D eigenvalue weighted by Gasteiger charge is 2.29. The number of fused-ring (bicyclic) bond motifs is 1. The number of carbonyl (C=O) groups is 1. The highest BCUT2D eigenvalue weighted by atomic mass is 16.2. The van der Waals surface area contributed by atoms with Gasteiger partial charge in [-0.05, 0) is 43.4 Å². The van der Waals surface area contributed by atoms with E-state index in [1.165, 1.54) is 34.9 Å². The minimum absolute atomic E-state index is 0.297. The SMILES string of the molecule is CN=C(NCCc1c[nH]c2cccc(C)c12)NCCN1CCN(C(=O)C2CCCC2)CC1. The number of benzene rings is 1. The predicted octanol–water partition coefficient (Wildman–Crippen LogP) is 2.52. The van der Waals surface area contributed by atoms with Crippen LogP contribution in [0.4, 0.5) is 0 Å². The highest BCUT2D eigenvalue weighted by Crippen LogP contribution is 2.27. The molecular weight excluding hydrogens is 400 g/mol. The lowest BCUT2D eigenvalue weighted by Crippen LogP contribution is -2.52. The lowest BCUT2D eigenvalue weighted by atomic mass is 10.1. The van der Waals surface area contributed by atoms with Gasteiger partial charge in [0, 0.05) is 75.9 Å². The topological polar surface area (TPSA) is 75.8 Å². The van der Waals surface area contributed by atoms with E-state index in [4.69, 9.17) is 0 Å². The number of hydrogen-bond donors (Lipinski definition) is 3. The van der Waals surface area contributed by atoms with E-state index in [1.54, 1.807) is 0 Å². The second kappa shape index (κ2) is 10.9. The van der Waals surface area contributed by atoms with Crippen LogP contribution in [-0.4, -0.2) is 79.5 Å². The van der Waals surface area contributed by atoms with Crippen LogP contribution < -0.4 is 10.6 Å². The van der Waals surface area contributed by atoms with Gasteiger partial charge in [0.2, 0.25) is 5.91 Å². The molecule has 0 unspecified atom stereocenters. The molecule has 7 nitrogen and oxygen atoms in total. The minimum atomic E-state index is 0.297. The summed E-state index contributed by atoms with van der Waals surface area (Å²) in [6.45, 7) is 8.48. The number of nitrogens with zero attached hydrogens (tertiary/aromatic N) is 3. The van der Waals surface area contributed by atoms with Crippen molar-refractivity contribution in [3.8, 4) is 0 Å². The van der Waals surface area contributed by atoms with Crippen LogP contribution in [0.25, 0.3) is 10.9 Å². The van der Waals surface area contributed by atoms with Crippen LogP contribution >= 0.6 is 0 Å². The average molecular weight is 439 g/mol. The summed E-state index contributed by atoms with van der Waals surface area (Å²) in [5.41, 5.74) is 3.85. The Kier molecular flexibility index (Phi) is 7.68. The molecule has 0 radical (unpaired) electrons. The maximum absolute atomic E-state index is 12.6. The largest absolute Gasteiger partial charge is 0.361 e. The van der Waals surface area contributed by atoms with E-state index in [0.29, 0.717) is 11.8 Å². The van der Waals surface area contributed by atoms with Gasteiger partial charge in [-0.15, -0.1) is 0 Å². The van der Waals surface area contributed by atoms with E-state index >= 15 is 0 Å². The number of aromatic nitrogens is 1. The molecule has 2 aliphatic rings. The summed E-state index contributed by atoms with van der Waals surface area (Å²) in [6, 6.07) is 6.39. The van der Waals surface area contributed by atoms with Crippen molar-refractivity contribution in [3.63, 3.8) is 0 Å². The number of hydrogen-bond acceptors (Lipinski definition) is 3. The van der Waals surface area contributed by atoms with E-state index in [-0.39, 0.29) is 0 Å². The number of carbonyl (C=O) groups excluding carboxylic acids is 1. The van der Waals surface area contributed by atoms with Crippen molar-refractivity contribution in [1.82, 2.24) is 25.4 Å². The van der Waals surface area contributed by atoms with Gasteiger partial charge in [-0.2, -0.15) is 0 Å². The Morgan fingerprint density at radius 1 is 1.12 bits per heavy atom. The Morgan fingerprint density at radius 3 is 2.62 bits per heavy atom. The third kappa shape index (κ3) is 5.44. The fourth-order valence-corrected chi connectivity index (χ4v) is 5.14. The third-order valence-corrected chi connectivity index (χ3v) is 7.02. The summed E-state index contributed by atoms with van der Waals surface area (Å²) < 4.78 is 0. The van der Waals surface area contributed by atoms with Crippen molar-refractivity contribution in [1.29, 1.82) is 0 Å². The minimum Gasteiger partial charge on any atom is -0.361 e. The van der Waals surface area contributed by atoms with Gasteiger partial charge in [0.1, 0.15) is 0 Å². The van der Waals surface area contributed by atoms with Crippen molar-refractivity contribution in [2.75, 3.05) is 52.9 Å². The average Bonchev–Trinajstić information content (AvgIpc) is 3.49. The molecule has 1 amide bonds. The van der Waals surface area contributed by atoms with Crippen molar-refractivity contribution < 1.29 is 4.79 Å². The standard InChI is InChI=1S/C25H38N6O/c1-19-6-5-9-22-23(19)21(18-29-22)10-11-27-25(26-2)28-12-13-30-14-16-31(17-15-30)24(32)20-7-3-4-8-20/h5-6,9,18,20,29H,3-4,7-8,10-17H2,1-2H3,(H2,26,27,28). The summed E-state index contributed by atoms with van der Waals surface area (Å²) in [5, 5.41) is 8.21. The molecule has 1 aromatic carbocycles. The maximum Gasteiger partial charge on any atom is 0.225 e. The quantitative estimate of drug-likeness (QED) is 0.459. The second-order valence-electron chi connectivity index (χ2n) is 9.14. The predicted molar refractivity (Wildman–Crippen MR) is 131 cm³/mol. The molecule has 7 heteroatoms. The van der Waals surface area contributed by atoms with Gasteiger partial charge in [-0.25, -0.2) is 0 Å². The normalized spacial score (nSPS) is 18.4. The number of guanidine groups is 1. The zero-order chi connectivity index (χ0) is 22.3. The first kappa shape index (κ1) is 22.6. The fraction of sp³-hybridized carbons (Fsp3) is 0.600. The van der Waals surface area contributed by atoms with Gasteiger partial charge in [-0.3, -0.25) is 14.7 Å². The van der Waals surface area contributed by atoms with Crippen LogP contribution in [0.15, 0.2) is 29.4 Å². The van der Waals surface area contributed by atoms with Gasteiger partial charge in [0.25, 0.3) is 0 Å². The third-order valence-electron chi connectivity index (χ3n) is 7.02. The second-order valence-corrected chi connectivity index (χ2v) is 9.14. The summed E-state index contributed by atoms with van der Waals surface area (Å²) >= 11 is 0. The molecule has 174 valence electrons. The molecule has 2 fully saturated rings. The van der Waals surface area contributed by atoms with E-state index in [2.05, 4.69) is 61.7 Å². The number of piperazine rings is 1. The molecule has 0 bridgehead atoms. The van der Waals surface area contributed by atoms with Crippen molar-refractivity contribution >= 4 is 22.8 Å². The summed E-state index contributed by atoms with van der Waals surface area (Å²) in [4.78, 5) is 24.9. The molecule has 2 aromatic rings. The van der Waals surface area contributed by atoms with E-state index < -0.39 is 0 Å². The molecule has 1 aromatic heterocycles. The number of amides is 1. The summed E-state index contributed by atoms with van der Waals surface area (Å²) in [7, 11) is 1.82. The number of rotatable bonds is 7. The maximum atomic E-state index is 12.6. The summed E-state index contributed by atoms with van der Waals surface area (Å²) in [5.74, 6) is 1.54. The molecule has 4 rings (SSSR count).